The molecule has 0 saturated carbocycles. The van der Waals surface area contributed by atoms with Crippen molar-refractivity contribution >= 4 is 17.8 Å². The van der Waals surface area contributed by atoms with Crippen LogP contribution in [0.25, 0.3) is 0 Å². The zero-order valence-electron chi connectivity index (χ0n) is 8.43. The minimum atomic E-state index is -0.122. The largest absolute Gasteiger partial charge is 0.480 e. The molecular formula is C12H10ClNO2. The number of hydrogen-bond donors (Lipinski definition) is 1. The summed E-state index contributed by atoms with van der Waals surface area (Å²) in [4.78, 5) is 4.18. The number of rotatable bonds is 3. The van der Waals surface area contributed by atoms with Crippen molar-refractivity contribution in [3.63, 3.8) is 0 Å². The van der Waals surface area contributed by atoms with Crippen molar-refractivity contribution in [2.24, 2.45) is 4.99 Å². The Morgan fingerprint density at radius 2 is 2.12 bits per heavy atom. The average molecular weight is 236 g/mol. The molecular weight excluding hydrogens is 226 g/mol. The van der Waals surface area contributed by atoms with Crippen LogP contribution in [0.2, 0.25) is 5.02 Å². The zero-order valence-corrected chi connectivity index (χ0v) is 9.19. The molecule has 0 saturated heterocycles. The number of halogens is 1. The van der Waals surface area contributed by atoms with Gasteiger partial charge in [0.2, 0.25) is 0 Å². The van der Waals surface area contributed by atoms with Crippen molar-refractivity contribution in [1.82, 2.24) is 0 Å². The summed E-state index contributed by atoms with van der Waals surface area (Å²) in [5.74, 6) is -0.122. The highest BCUT2D eigenvalue weighted by atomic mass is 35.5. The molecule has 0 spiro atoms. The Morgan fingerprint density at radius 1 is 1.31 bits per heavy atom. The molecule has 0 radical (unpaired) electrons. The van der Waals surface area contributed by atoms with E-state index in [1.807, 2.05) is 24.3 Å². The van der Waals surface area contributed by atoms with Crippen molar-refractivity contribution in [3.05, 3.63) is 52.7 Å². The number of aromatic hydroxyl groups is 1. The van der Waals surface area contributed by atoms with E-state index in [1.54, 1.807) is 12.3 Å². The van der Waals surface area contributed by atoms with Crippen molar-refractivity contribution in [2.75, 3.05) is 0 Å². The van der Waals surface area contributed by atoms with Gasteiger partial charge in [0.05, 0.1) is 18.4 Å². The topological polar surface area (TPSA) is 45.7 Å². The Kier molecular flexibility index (Phi) is 3.27. The summed E-state index contributed by atoms with van der Waals surface area (Å²) in [5.41, 5.74) is 1.51. The van der Waals surface area contributed by atoms with Gasteiger partial charge in [0.15, 0.2) is 0 Å². The first-order valence-electron chi connectivity index (χ1n) is 4.77. The normalized spacial score (nSPS) is 11.1. The predicted molar refractivity (Wildman–Crippen MR) is 63.1 cm³/mol. The third-order valence-electron chi connectivity index (χ3n) is 2.12. The summed E-state index contributed by atoms with van der Waals surface area (Å²) in [6.07, 6.45) is 2.97. The average Bonchev–Trinajstić information content (AvgIpc) is 2.67. The lowest BCUT2D eigenvalue weighted by molar-refractivity contribution is 0.332. The van der Waals surface area contributed by atoms with E-state index in [1.165, 1.54) is 6.26 Å². The Bertz CT molecular complexity index is 505. The summed E-state index contributed by atoms with van der Waals surface area (Å²) in [6.45, 7) is 0.476. The Labute approximate surface area is 98.0 Å². The van der Waals surface area contributed by atoms with E-state index in [2.05, 4.69) is 4.99 Å². The SMILES string of the molecule is Oc1occc1C=NCc1ccccc1Cl. The molecule has 0 bridgehead atoms. The van der Waals surface area contributed by atoms with Gasteiger partial charge in [-0.25, -0.2) is 0 Å². The third-order valence-corrected chi connectivity index (χ3v) is 2.49. The Balaban J connectivity index is 2.06. The van der Waals surface area contributed by atoms with Crippen LogP contribution in [-0.4, -0.2) is 11.3 Å². The lowest BCUT2D eigenvalue weighted by Crippen LogP contribution is -1.84. The van der Waals surface area contributed by atoms with Crippen LogP contribution in [0, 0.1) is 0 Å². The van der Waals surface area contributed by atoms with Gasteiger partial charge in [0, 0.05) is 11.2 Å². The molecule has 2 rings (SSSR count). The van der Waals surface area contributed by atoms with Crippen molar-refractivity contribution in [1.29, 1.82) is 0 Å². The van der Waals surface area contributed by atoms with E-state index in [4.69, 9.17) is 16.0 Å². The number of nitrogens with zero attached hydrogens (tertiary/aromatic N) is 1. The molecule has 0 aliphatic carbocycles. The Hall–Kier alpha value is -1.74. The van der Waals surface area contributed by atoms with Crippen LogP contribution < -0.4 is 0 Å². The minimum absolute atomic E-state index is 0.122. The van der Waals surface area contributed by atoms with Crippen LogP contribution in [0.1, 0.15) is 11.1 Å². The summed E-state index contributed by atoms with van der Waals surface area (Å²) >= 11 is 5.97. The first kappa shape index (κ1) is 10.8. The van der Waals surface area contributed by atoms with Crippen LogP contribution in [0.5, 0.6) is 5.95 Å². The summed E-state index contributed by atoms with van der Waals surface area (Å²) in [7, 11) is 0. The van der Waals surface area contributed by atoms with Gasteiger partial charge >= 0.3 is 0 Å². The maximum atomic E-state index is 9.22. The molecule has 0 amide bonds. The maximum Gasteiger partial charge on any atom is 0.290 e. The van der Waals surface area contributed by atoms with Crippen LogP contribution >= 0.6 is 11.6 Å². The molecule has 0 atom stereocenters. The van der Waals surface area contributed by atoms with Crippen LogP contribution in [0.15, 0.2) is 46.0 Å². The van der Waals surface area contributed by atoms with Gasteiger partial charge in [-0.1, -0.05) is 29.8 Å². The van der Waals surface area contributed by atoms with E-state index < -0.39 is 0 Å². The first-order valence-corrected chi connectivity index (χ1v) is 5.15. The lowest BCUT2D eigenvalue weighted by atomic mass is 10.2. The van der Waals surface area contributed by atoms with Gasteiger partial charge in [-0.15, -0.1) is 0 Å². The molecule has 2 aromatic rings. The van der Waals surface area contributed by atoms with E-state index in [0.717, 1.165) is 5.56 Å². The van der Waals surface area contributed by atoms with E-state index >= 15 is 0 Å². The van der Waals surface area contributed by atoms with Gasteiger partial charge in [-0.3, -0.25) is 4.99 Å². The highest BCUT2D eigenvalue weighted by Gasteiger charge is 2.00. The highest BCUT2D eigenvalue weighted by Crippen LogP contribution is 2.17. The second-order valence-electron chi connectivity index (χ2n) is 3.24. The third kappa shape index (κ3) is 2.44. The van der Waals surface area contributed by atoms with Gasteiger partial charge in [-0.2, -0.15) is 0 Å². The molecule has 3 nitrogen and oxygen atoms in total. The van der Waals surface area contributed by atoms with Gasteiger partial charge < -0.3 is 9.52 Å². The molecule has 0 unspecified atom stereocenters. The molecule has 82 valence electrons. The molecule has 0 aliphatic heterocycles. The monoisotopic (exact) mass is 235 g/mol. The molecule has 0 fully saturated rings. The van der Waals surface area contributed by atoms with E-state index in [-0.39, 0.29) is 5.95 Å². The van der Waals surface area contributed by atoms with Crippen LogP contribution in [0.4, 0.5) is 0 Å². The van der Waals surface area contributed by atoms with Gasteiger partial charge in [-0.05, 0) is 17.7 Å². The standard InChI is InChI=1S/C12H10ClNO2/c13-11-4-2-1-3-9(11)7-14-8-10-5-6-16-12(10)15/h1-6,8,15H,7H2. The molecule has 1 N–H and O–H groups in total. The van der Waals surface area contributed by atoms with Gasteiger partial charge in [0.1, 0.15) is 0 Å². The summed E-state index contributed by atoms with van der Waals surface area (Å²) in [5, 5.41) is 9.91. The maximum absolute atomic E-state index is 9.22. The number of hydrogen-bond acceptors (Lipinski definition) is 3. The second-order valence-corrected chi connectivity index (χ2v) is 3.65. The van der Waals surface area contributed by atoms with Gasteiger partial charge in [0.25, 0.3) is 5.95 Å². The zero-order chi connectivity index (χ0) is 11.4. The smallest absolute Gasteiger partial charge is 0.290 e. The van der Waals surface area contributed by atoms with Crippen molar-refractivity contribution < 1.29 is 9.52 Å². The summed E-state index contributed by atoms with van der Waals surface area (Å²) in [6, 6.07) is 9.16. The highest BCUT2D eigenvalue weighted by molar-refractivity contribution is 6.31. The molecule has 0 aliphatic rings. The van der Waals surface area contributed by atoms with E-state index in [9.17, 15) is 5.11 Å². The lowest BCUT2D eigenvalue weighted by Gasteiger charge is -1.98. The number of furan rings is 1. The van der Waals surface area contributed by atoms with Crippen molar-refractivity contribution in [2.45, 2.75) is 6.54 Å². The predicted octanol–water partition coefficient (Wildman–Crippen LogP) is 3.26. The molecule has 1 aromatic heterocycles. The molecule has 1 aromatic carbocycles. The fourth-order valence-corrected chi connectivity index (χ4v) is 1.47. The van der Waals surface area contributed by atoms with Crippen molar-refractivity contribution in [3.8, 4) is 5.95 Å². The molecule has 16 heavy (non-hydrogen) atoms. The van der Waals surface area contributed by atoms with Crippen LogP contribution in [0.3, 0.4) is 0 Å². The second kappa shape index (κ2) is 4.86. The Morgan fingerprint density at radius 3 is 2.81 bits per heavy atom. The molecule has 1 heterocycles. The first-order chi connectivity index (χ1) is 7.77. The number of benzene rings is 1. The fraction of sp³-hybridized carbons (Fsp3) is 0.0833. The fourth-order valence-electron chi connectivity index (χ4n) is 1.28. The van der Waals surface area contributed by atoms with E-state index in [0.29, 0.717) is 17.1 Å². The number of aliphatic imine (C=N–C) groups is 1. The minimum Gasteiger partial charge on any atom is -0.480 e. The molecule has 4 heteroatoms. The van der Waals surface area contributed by atoms with Crippen LogP contribution in [-0.2, 0) is 6.54 Å². The summed E-state index contributed by atoms with van der Waals surface area (Å²) < 4.78 is 4.73. The quantitative estimate of drug-likeness (QED) is 0.830.